The van der Waals surface area contributed by atoms with Crippen LogP contribution in [0, 0.1) is 18.3 Å². The summed E-state index contributed by atoms with van der Waals surface area (Å²) in [5.41, 5.74) is 7.78. The number of hydrogen-bond donors (Lipinski definition) is 1. The lowest BCUT2D eigenvalue weighted by Crippen LogP contribution is -2.27. The Morgan fingerprint density at radius 2 is 2.00 bits per heavy atom. The van der Waals surface area contributed by atoms with Gasteiger partial charge in [-0.25, -0.2) is 4.98 Å². The smallest absolute Gasteiger partial charge is 0.224 e. The third-order valence-electron chi connectivity index (χ3n) is 3.80. The standard InChI is InChI=1S/C13H21ClN4/c1-8-10(15)11(17-12(14)16-8)18-6-5-9(7-18)13(2,3)4/h9H,5-7,15H2,1-4H3. The Kier molecular flexibility index (Phi) is 3.41. The van der Waals surface area contributed by atoms with Gasteiger partial charge in [-0.1, -0.05) is 20.8 Å². The van der Waals surface area contributed by atoms with Crippen LogP contribution in [0.1, 0.15) is 32.9 Å². The van der Waals surface area contributed by atoms with Crippen LogP contribution in [0.2, 0.25) is 5.28 Å². The van der Waals surface area contributed by atoms with E-state index in [2.05, 4.69) is 35.6 Å². The summed E-state index contributed by atoms with van der Waals surface area (Å²) in [5.74, 6) is 1.45. The molecule has 4 nitrogen and oxygen atoms in total. The van der Waals surface area contributed by atoms with Crippen molar-refractivity contribution in [2.45, 2.75) is 34.1 Å². The predicted molar refractivity (Wildman–Crippen MR) is 76.0 cm³/mol. The lowest BCUT2D eigenvalue weighted by Gasteiger charge is -2.27. The van der Waals surface area contributed by atoms with E-state index in [4.69, 9.17) is 17.3 Å². The van der Waals surface area contributed by atoms with Crippen molar-refractivity contribution in [3.8, 4) is 0 Å². The Bertz CT molecular complexity index is 453. The average molecular weight is 269 g/mol. The first-order valence-electron chi connectivity index (χ1n) is 6.33. The highest BCUT2D eigenvalue weighted by molar-refractivity contribution is 6.28. The molecule has 5 heteroatoms. The third-order valence-corrected chi connectivity index (χ3v) is 3.97. The summed E-state index contributed by atoms with van der Waals surface area (Å²) in [7, 11) is 0. The molecule has 1 atom stereocenters. The molecule has 2 N–H and O–H groups in total. The third kappa shape index (κ3) is 2.53. The van der Waals surface area contributed by atoms with E-state index in [1.807, 2.05) is 6.92 Å². The zero-order valence-electron chi connectivity index (χ0n) is 11.5. The number of rotatable bonds is 1. The fourth-order valence-corrected chi connectivity index (χ4v) is 2.64. The molecule has 100 valence electrons. The number of hydrogen-bond acceptors (Lipinski definition) is 4. The van der Waals surface area contributed by atoms with Crippen LogP contribution >= 0.6 is 11.6 Å². The van der Waals surface area contributed by atoms with Crippen molar-refractivity contribution in [2.75, 3.05) is 23.7 Å². The summed E-state index contributed by atoms with van der Waals surface area (Å²) >= 11 is 5.92. The Balaban J connectivity index is 2.25. The molecular formula is C13H21ClN4. The molecule has 0 aromatic carbocycles. The van der Waals surface area contributed by atoms with E-state index in [1.54, 1.807) is 0 Å². The minimum atomic E-state index is 0.274. The first-order valence-corrected chi connectivity index (χ1v) is 6.71. The zero-order valence-corrected chi connectivity index (χ0v) is 12.3. The summed E-state index contributed by atoms with van der Waals surface area (Å²) in [6, 6.07) is 0. The molecule has 0 radical (unpaired) electrons. The second-order valence-corrected chi connectivity index (χ2v) is 6.45. The zero-order chi connectivity index (χ0) is 13.5. The molecule has 1 unspecified atom stereocenters. The number of halogens is 1. The van der Waals surface area contributed by atoms with Crippen LogP contribution in [-0.4, -0.2) is 23.1 Å². The molecule has 0 amide bonds. The minimum Gasteiger partial charge on any atom is -0.394 e. The molecule has 2 rings (SSSR count). The van der Waals surface area contributed by atoms with Crippen LogP contribution in [0.5, 0.6) is 0 Å². The lowest BCUT2D eigenvalue weighted by molar-refractivity contribution is 0.263. The summed E-state index contributed by atoms with van der Waals surface area (Å²) < 4.78 is 0. The molecule has 0 bridgehead atoms. The maximum atomic E-state index is 6.06. The van der Waals surface area contributed by atoms with Crippen LogP contribution in [0.3, 0.4) is 0 Å². The SMILES string of the molecule is Cc1nc(Cl)nc(N2CCC(C(C)(C)C)C2)c1N. The molecule has 1 aliphatic rings. The van der Waals surface area contributed by atoms with E-state index >= 15 is 0 Å². The summed E-state index contributed by atoms with van der Waals surface area (Å²) in [5, 5.41) is 0.274. The van der Waals surface area contributed by atoms with Crippen LogP contribution in [0.15, 0.2) is 0 Å². The van der Waals surface area contributed by atoms with Gasteiger partial charge in [-0.3, -0.25) is 0 Å². The Morgan fingerprint density at radius 3 is 2.56 bits per heavy atom. The topological polar surface area (TPSA) is 55.0 Å². The largest absolute Gasteiger partial charge is 0.394 e. The van der Waals surface area contributed by atoms with Gasteiger partial charge in [0.05, 0.1) is 11.4 Å². The fourth-order valence-electron chi connectivity index (χ4n) is 2.43. The van der Waals surface area contributed by atoms with Gasteiger partial charge in [0.1, 0.15) is 0 Å². The predicted octanol–water partition coefficient (Wildman–Crippen LogP) is 2.89. The van der Waals surface area contributed by atoms with Gasteiger partial charge in [0.15, 0.2) is 5.82 Å². The molecule has 1 saturated heterocycles. The number of aryl methyl sites for hydroxylation is 1. The maximum absolute atomic E-state index is 6.06. The number of nitrogen functional groups attached to an aromatic ring is 1. The molecule has 1 fully saturated rings. The normalized spacial score (nSPS) is 20.5. The summed E-state index contributed by atoms with van der Waals surface area (Å²) in [6.07, 6.45) is 1.17. The molecule has 0 saturated carbocycles. The monoisotopic (exact) mass is 268 g/mol. The highest BCUT2D eigenvalue weighted by Crippen LogP contribution is 2.37. The second-order valence-electron chi connectivity index (χ2n) is 6.11. The molecule has 0 aliphatic carbocycles. The summed E-state index contributed by atoms with van der Waals surface area (Å²) in [6.45, 7) is 10.7. The Morgan fingerprint density at radius 1 is 1.33 bits per heavy atom. The van der Waals surface area contributed by atoms with E-state index in [9.17, 15) is 0 Å². The second kappa shape index (κ2) is 4.57. The van der Waals surface area contributed by atoms with Crippen molar-refractivity contribution in [2.24, 2.45) is 11.3 Å². The first-order chi connectivity index (χ1) is 8.29. The minimum absolute atomic E-state index is 0.274. The van der Waals surface area contributed by atoms with Gasteiger partial charge in [0, 0.05) is 13.1 Å². The van der Waals surface area contributed by atoms with Gasteiger partial charge in [-0.05, 0) is 36.3 Å². The quantitative estimate of drug-likeness (QED) is 0.796. The number of aromatic nitrogens is 2. The van der Waals surface area contributed by atoms with Crippen molar-refractivity contribution >= 4 is 23.1 Å². The van der Waals surface area contributed by atoms with Gasteiger partial charge >= 0.3 is 0 Å². The van der Waals surface area contributed by atoms with Gasteiger partial charge in [0.25, 0.3) is 0 Å². The molecule has 1 aromatic rings. The van der Waals surface area contributed by atoms with Gasteiger partial charge < -0.3 is 10.6 Å². The highest BCUT2D eigenvalue weighted by atomic mass is 35.5. The van der Waals surface area contributed by atoms with Crippen molar-refractivity contribution in [3.05, 3.63) is 11.0 Å². The summed E-state index contributed by atoms with van der Waals surface area (Å²) in [4.78, 5) is 10.6. The van der Waals surface area contributed by atoms with E-state index in [1.165, 1.54) is 6.42 Å². The fraction of sp³-hybridized carbons (Fsp3) is 0.692. The van der Waals surface area contributed by atoms with Crippen molar-refractivity contribution in [1.82, 2.24) is 9.97 Å². The van der Waals surface area contributed by atoms with E-state index in [0.29, 0.717) is 17.0 Å². The van der Waals surface area contributed by atoms with E-state index in [-0.39, 0.29) is 5.28 Å². The molecule has 1 aliphatic heterocycles. The van der Waals surface area contributed by atoms with E-state index < -0.39 is 0 Å². The van der Waals surface area contributed by atoms with Gasteiger partial charge in [-0.2, -0.15) is 4.98 Å². The molecule has 2 heterocycles. The number of nitrogens with two attached hydrogens (primary N) is 1. The van der Waals surface area contributed by atoms with E-state index in [0.717, 1.165) is 24.6 Å². The lowest BCUT2D eigenvalue weighted by atomic mass is 9.80. The van der Waals surface area contributed by atoms with Crippen LogP contribution in [-0.2, 0) is 0 Å². The average Bonchev–Trinajstić information content (AvgIpc) is 2.71. The maximum Gasteiger partial charge on any atom is 0.224 e. The van der Waals surface area contributed by atoms with Crippen LogP contribution in [0.4, 0.5) is 11.5 Å². The number of nitrogens with zero attached hydrogens (tertiary/aromatic N) is 3. The van der Waals surface area contributed by atoms with Crippen molar-refractivity contribution in [3.63, 3.8) is 0 Å². The van der Waals surface area contributed by atoms with Gasteiger partial charge in [-0.15, -0.1) is 0 Å². The van der Waals surface area contributed by atoms with Crippen LogP contribution < -0.4 is 10.6 Å². The molecule has 1 aromatic heterocycles. The Hall–Kier alpha value is -1.03. The molecule has 18 heavy (non-hydrogen) atoms. The van der Waals surface area contributed by atoms with Crippen molar-refractivity contribution < 1.29 is 0 Å². The molecular weight excluding hydrogens is 248 g/mol. The van der Waals surface area contributed by atoms with Crippen LogP contribution in [0.25, 0.3) is 0 Å². The first kappa shape index (κ1) is 13.4. The molecule has 0 spiro atoms. The Labute approximate surface area is 114 Å². The number of anilines is 2. The highest BCUT2D eigenvalue weighted by Gasteiger charge is 2.33. The van der Waals surface area contributed by atoms with Crippen molar-refractivity contribution in [1.29, 1.82) is 0 Å². The van der Waals surface area contributed by atoms with Gasteiger partial charge in [0.2, 0.25) is 5.28 Å².